The van der Waals surface area contributed by atoms with Gasteiger partial charge in [0.1, 0.15) is 6.04 Å². The normalized spacial score (nSPS) is 14.6. The maximum absolute atomic E-state index is 11.8. The first-order chi connectivity index (χ1) is 7.43. The van der Waals surface area contributed by atoms with Gasteiger partial charge in [0.15, 0.2) is 0 Å². The molecule has 16 heavy (non-hydrogen) atoms. The SMILES string of the molecule is CCCC(NC(=O)C(CN)C(C)C)C(=O)O. The van der Waals surface area contributed by atoms with E-state index in [0.717, 1.165) is 0 Å². The molecule has 0 fully saturated rings. The number of hydrogen-bond donors (Lipinski definition) is 3. The second-order valence-corrected chi connectivity index (χ2v) is 4.27. The van der Waals surface area contributed by atoms with Crippen LogP contribution in [0.5, 0.6) is 0 Å². The van der Waals surface area contributed by atoms with E-state index < -0.39 is 12.0 Å². The summed E-state index contributed by atoms with van der Waals surface area (Å²) in [6, 6.07) is -0.801. The minimum Gasteiger partial charge on any atom is -0.480 e. The van der Waals surface area contributed by atoms with Crippen molar-refractivity contribution in [2.24, 2.45) is 17.6 Å². The minimum atomic E-state index is -0.991. The zero-order valence-corrected chi connectivity index (χ0v) is 10.2. The van der Waals surface area contributed by atoms with Gasteiger partial charge in [0, 0.05) is 6.54 Å². The molecule has 4 N–H and O–H groups in total. The van der Waals surface area contributed by atoms with E-state index in [1.54, 1.807) is 0 Å². The number of carboxylic acids is 1. The third-order valence-electron chi connectivity index (χ3n) is 2.59. The van der Waals surface area contributed by atoms with E-state index in [9.17, 15) is 9.59 Å². The highest BCUT2D eigenvalue weighted by Gasteiger charge is 2.25. The highest BCUT2D eigenvalue weighted by atomic mass is 16.4. The molecule has 1 amide bonds. The van der Waals surface area contributed by atoms with Crippen LogP contribution in [-0.2, 0) is 9.59 Å². The second kappa shape index (κ2) is 7.22. The Bertz CT molecular complexity index is 241. The maximum atomic E-state index is 11.8. The Kier molecular flexibility index (Phi) is 6.72. The molecule has 0 aliphatic carbocycles. The van der Waals surface area contributed by atoms with E-state index >= 15 is 0 Å². The van der Waals surface area contributed by atoms with Crippen LogP contribution in [-0.4, -0.2) is 29.6 Å². The molecule has 0 bridgehead atoms. The van der Waals surface area contributed by atoms with Crippen molar-refractivity contribution in [3.8, 4) is 0 Å². The zero-order valence-electron chi connectivity index (χ0n) is 10.2. The van der Waals surface area contributed by atoms with Crippen molar-refractivity contribution in [1.82, 2.24) is 5.32 Å². The number of carbonyl (C=O) groups is 2. The van der Waals surface area contributed by atoms with Crippen LogP contribution in [0, 0.1) is 11.8 Å². The summed E-state index contributed by atoms with van der Waals surface area (Å²) in [5, 5.41) is 11.4. The van der Waals surface area contributed by atoms with E-state index in [0.29, 0.717) is 12.8 Å². The van der Waals surface area contributed by atoms with Gasteiger partial charge in [-0.25, -0.2) is 4.79 Å². The highest BCUT2D eigenvalue weighted by Crippen LogP contribution is 2.10. The first kappa shape index (κ1) is 14.9. The average Bonchev–Trinajstić information content (AvgIpc) is 2.17. The maximum Gasteiger partial charge on any atom is 0.326 e. The third-order valence-corrected chi connectivity index (χ3v) is 2.59. The quantitative estimate of drug-likeness (QED) is 0.596. The lowest BCUT2D eigenvalue weighted by Crippen LogP contribution is -2.46. The smallest absolute Gasteiger partial charge is 0.326 e. The number of rotatable bonds is 7. The topological polar surface area (TPSA) is 92.4 Å². The molecule has 0 aromatic carbocycles. The number of hydrogen-bond acceptors (Lipinski definition) is 3. The molecule has 0 aromatic rings. The predicted octanol–water partition coefficient (Wildman–Crippen LogP) is 0.587. The summed E-state index contributed by atoms with van der Waals surface area (Å²) in [4.78, 5) is 22.6. The summed E-state index contributed by atoms with van der Waals surface area (Å²) in [7, 11) is 0. The number of amides is 1. The predicted molar refractivity (Wildman–Crippen MR) is 61.9 cm³/mol. The van der Waals surface area contributed by atoms with Gasteiger partial charge in [0.2, 0.25) is 5.91 Å². The van der Waals surface area contributed by atoms with Gasteiger partial charge in [-0.3, -0.25) is 4.79 Å². The van der Waals surface area contributed by atoms with Gasteiger partial charge in [-0.2, -0.15) is 0 Å². The van der Waals surface area contributed by atoms with Gasteiger partial charge in [-0.05, 0) is 12.3 Å². The molecule has 2 atom stereocenters. The molecule has 5 nitrogen and oxygen atoms in total. The van der Waals surface area contributed by atoms with Crippen molar-refractivity contribution in [1.29, 1.82) is 0 Å². The fraction of sp³-hybridized carbons (Fsp3) is 0.818. The molecular weight excluding hydrogens is 208 g/mol. The van der Waals surface area contributed by atoms with Crippen LogP contribution in [0.25, 0.3) is 0 Å². The Morgan fingerprint density at radius 3 is 2.25 bits per heavy atom. The van der Waals surface area contributed by atoms with Crippen LogP contribution in [0.4, 0.5) is 0 Å². The monoisotopic (exact) mass is 230 g/mol. The molecule has 0 aromatic heterocycles. The van der Waals surface area contributed by atoms with Gasteiger partial charge >= 0.3 is 5.97 Å². The van der Waals surface area contributed by atoms with Gasteiger partial charge in [-0.15, -0.1) is 0 Å². The Morgan fingerprint density at radius 1 is 1.38 bits per heavy atom. The number of nitrogens with one attached hydrogen (secondary N) is 1. The van der Waals surface area contributed by atoms with Crippen molar-refractivity contribution in [2.75, 3.05) is 6.54 Å². The van der Waals surface area contributed by atoms with E-state index in [4.69, 9.17) is 10.8 Å². The molecule has 0 radical (unpaired) electrons. The van der Waals surface area contributed by atoms with Crippen molar-refractivity contribution >= 4 is 11.9 Å². The number of nitrogens with two attached hydrogens (primary N) is 1. The first-order valence-electron chi connectivity index (χ1n) is 5.67. The molecule has 0 aliphatic rings. The lowest BCUT2D eigenvalue weighted by molar-refractivity contribution is -0.142. The lowest BCUT2D eigenvalue weighted by Gasteiger charge is -2.21. The summed E-state index contributed by atoms with van der Waals surface area (Å²) >= 11 is 0. The molecular formula is C11H22N2O3. The Morgan fingerprint density at radius 2 is 1.94 bits per heavy atom. The van der Waals surface area contributed by atoms with Crippen LogP contribution in [0.2, 0.25) is 0 Å². The molecule has 0 rings (SSSR count). The standard InChI is InChI=1S/C11H22N2O3/c1-4-5-9(11(15)16)13-10(14)8(6-12)7(2)3/h7-9H,4-6,12H2,1-3H3,(H,13,14)(H,15,16). The average molecular weight is 230 g/mol. The molecule has 5 heteroatoms. The molecule has 0 aliphatic heterocycles. The Hall–Kier alpha value is -1.10. The summed E-state index contributed by atoms with van der Waals surface area (Å²) in [6.07, 6.45) is 1.16. The van der Waals surface area contributed by atoms with E-state index in [2.05, 4.69) is 5.32 Å². The van der Waals surface area contributed by atoms with Gasteiger partial charge in [0.05, 0.1) is 5.92 Å². The summed E-state index contributed by atoms with van der Waals surface area (Å²) in [5.41, 5.74) is 5.49. The summed E-state index contributed by atoms with van der Waals surface area (Å²) in [5.74, 6) is -1.46. The first-order valence-corrected chi connectivity index (χ1v) is 5.67. The van der Waals surface area contributed by atoms with Gasteiger partial charge in [0.25, 0.3) is 0 Å². The van der Waals surface area contributed by atoms with Crippen LogP contribution < -0.4 is 11.1 Å². The van der Waals surface area contributed by atoms with E-state index in [-0.39, 0.29) is 24.3 Å². The van der Waals surface area contributed by atoms with Crippen LogP contribution >= 0.6 is 0 Å². The largest absolute Gasteiger partial charge is 0.480 e. The van der Waals surface area contributed by atoms with Crippen molar-refractivity contribution < 1.29 is 14.7 Å². The minimum absolute atomic E-state index is 0.112. The summed E-state index contributed by atoms with van der Waals surface area (Å²) < 4.78 is 0. The number of carbonyl (C=O) groups excluding carboxylic acids is 1. The number of aliphatic carboxylic acids is 1. The molecule has 94 valence electrons. The Labute approximate surface area is 96.4 Å². The van der Waals surface area contributed by atoms with Crippen molar-refractivity contribution in [3.63, 3.8) is 0 Å². The van der Waals surface area contributed by atoms with E-state index in [1.807, 2.05) is 20.8 Å². The van der Waals surface area contributed by atoms with Crippen LogP contribution in [0.15, 0.2) is 0 Å². The van der Waals surface area contributed by atoms with Crippen LogP contribution in [0.1, 0.15) is 33.6 Å². The van der Waals surface area contributed by atoms with Gasteiger partial charge < -0.3 is 16.2 Å². The highest BCUT2D eigenvalue weighted by molar-refractivity contribution is 5.85. The molecule has 2 unspecified atom stereocenters. The van der Waals surface area contributed by atoms with Crippen molar-refractivity contribution in [3.05, 3.63) is 0 Å². The fourth-order valence-corrected chi connectivity index (χ4v) is 1.51. The van der Waals surface area contributed by atoms with Crippen LogP contribution in [0.3, 0.4) is 0 Å². The van der Waals surface area contributed by atoms with E-state index in [1.165, 1.54) is 0 Å². The third kappa shape index (κ3) is 4.61. The second-order valence-electron chi connectivity index (χ2n) is 4.27. The molecule has 0 spiro atoms. The molecule has 0 saturated heterocycles. The molecule has 0 saturated carbocycles. The van der Waals surface area contributed by atoms with Gasteiger partial charge in [-0.1, -0.05) is 27.2 Å². The van der Waals surface area contributed by atoms with Crippen molar-refractivity contribution in [2.45, 2.75) is 39.7 Å². The summed E-state index contributed by atoms with van der Waals surface area (Å²) in [6.45, 7) is 5.91. The zero-order chi connectivity index (χ0) is 12.7. The molecule has 0 heterocycles. The number of carboxylic acid groups (broad SMARTS) is 1. The fourth-order valence-electron chi connectivity index (χ4n) is 1.51. The Balaban J connectivity index is 4.43. The lowest BCUT2D eigenvalue weighted by atomic mass is 9.94.